The van der Waals surface area contributed by atoms with E-state index >= 15 is 0 Å². The SMILES string of the molecule is CC(=O)O[C@H]1O[C@H](CF)[C@@H](O)[C@H]1O. The predicted octanol–water partition coefficient (Wildman–Crippen LogP) is -1.03. The molecule has 1 rings (SSSR count). The van der Waals surface area contributed by atoms with Crippen molar-refractivity contribution in [3.8, 4) is 0 Å². The van der Waals surface area contributed by atoms with Gasteiger partial charge in [-0.15, -0.1) is 0 Å². The van der Waals surface area contributed by atoms with Crippen molar-refractivity contribution in [1.82, 2.24) is 0 Å². The Morgan fingerprint density at radius 1 is 1.54 bits per heavy atom. The highest BCUT2D eigenvalue weighted by molar-refractivity contribution is 5.66. The van der Waals surface area contributed by atoms with Crippen molar-refractivity contribution in [2.45, 2.75) is 31.5 Å². The third-order valence-electron chi connectivity index (χ3n) is 1.75. The van der Waals surface area contributed by atoms with Crippen LogP contribution in [0.3, 0.4) is 0 Å². The maximum atomic E-state index is 12.1. The molecule has 0 saturated carbocycles. The first-order valence-electron chi connectivity index (χ1n) is 3.81. The van der Waals surface area contributed by atoms with Crippen LogP contribution in [0.15, 0.2) is 0 Å². The molecule has 0 aromatic rings. The standard InChI is InChI=1S/C7H11FO5/c1-3(9)12-7-6(11)5(10)4(2-8)13-7/h4-7,10-11H,2H2,1H3/t4-,5-,6-,7+/m1/s1. The van der Waals surface area contributed by atoms with Crippen molar-refractivity contribution in [3.05, 3.63) is 0 Å². The molecule has 1 fully saturated rings. The first-order valence-corrected chi connectivity index (χ1v) is 3.81. The van der Waals surface area contributed by atoms with E-state index in [1.54, 1.807) is 0 Å². The molecule has 4 atom stereocenters. The third-order valence-corrected chi connectivity index (χ3v) is 1.75. The highest BCUT2D eigenvalue weighted by atomic mass is 19.1. The van der Waals surface area contributed by atoms with E-state index in [0.29, 0.717) is 0 Å². The van der Waals surface area contributed by atoms with Gasteiger partial charge < -0.3 is 19.7 Å². The fourth-order valence-corrected chi connectivity index (χ4v) is 1.10. The second-order valence-electron chi connectivity index (χ2n) is 2.79. The molecule has 13 heavy (non-hydrogen) atoms. The van der Waals surface area contributed by atoms with Gasteiger partial charge in [-0.2, -0.15) is 0 Å². The maximum absolute atomic E-state index is 12.1. The smallest absolute Gasteiger partial charge is 0.305 e. The normalized spacial score (nSPS) is 39.1. The van der Waals surface area contributed by atoms with E-state index in [2.05, 4.69) is 4.74 Å². The minimum atomic E-state index is -1.38. The molecule has 0 aromatic carbocycles. The average Bonchev–Trinajstić information content (AvgIpc) is 2.32. The molecule has 2 N–H and O–H groups in total. The number of aliphatic hydroxyl groups is 2. The van der Waals surface area contributed by atoms with Crippen LogP contribution < -0.4 is 0 Å². The molecule has 1 heterocycles. The van der Waals surface area contributed by atoms with Gasteiger partial charge in [0.2, 0.25) is 6.29 Å². The summed E-state index contributed by atoms with van der Waals surface area (Å²) in [7, 11) is 0. The first kappa shape index (κ1) is 10.4. The van der Waals surface area contributed by atoms with Gasteiger partial charge in [0, 0.05) is 6.92 Å². The Kier molecular flexibility index (Phi) is 3.18. The van der Waals surface area contributed by atoms with Crippen molar-refractivity contribution in [1.29, 1.82) is 0 Å². The number of carbonyl (C=O) groups excluding carboxylic acids is 1. The van der Waals surface area contributed by atoms with Gasteiger partial charge in [-0.3, -0.25) is 4.79 Å². The van der Waals surface area contributed by atoms with Crippen molar-refractivity contribution in [3.63, 3.8) is 0 Å². The fourth-order valence-electron chi connectivity index (χ4n) is 1.10. The number of alkyl halides is 1. The highest BCUT2D eigenvalue weighted by Crippen LogP contribution is 2.22. The second-order valence-corrected chi connectivity index (χ2v) is 2.79. The quantitative estimate of drug-likeness (QED) is 0.549. The molecule has 0 aromatic heterocycles. The number of ether oxygens (including phenoxy) is 2. The van der Waals surface area contributed by atoms with Gasteiger partial charge >= 0.3 is 5.97 Å². The van der Waals surface area contributed by atoms with E-state index in [4.69, 9.17) is 9.84 Å². The summed E-state index contributed by atoms with van der Waals surface area (Å²) in [5.41, 5.74) is 0. The molecule has 0 bridgehead atoms. The van der Waals surface area contributed by atoms with Crippen LogP contribution in [0.5, 0.6) is 0 Å². The summed E-state index contributed by atoms with van der Waals surface area (Å²) in [5, 5.41) is 18.3. The fraction of sp³-hybridized carbons (Fsp3) is 0.857. The molecule has 0 aliphatic carbocycles. The summed E-state index contributed by atoms with van der Waals surface area (Å²) >= 11 is 0. The van der Waals surface area contributed by atoms with Crippen LogP contribution in [0, 0.1) is 0 Å². The molecule has 0 spiro atoms. The average molecular weight is 194 g/mol. The molecule has 1 saturated heterocycles. The van der Waals surface area contributed by atoms with E-state index in [0.717, 1.165) is 6.92 Å². The van der Waals surface area contributed by atoms with Crippen LogP contribution >= 0.6 is 0 Å². The molecule has 76 valence electrons. The predicted molar refractivity (Wildman–Crippen MR) is 38.4 cm³/mol. The van der Waals surface area contributed by atoms with Gasteiger partial charge in [-0.25, -0.2) is 4.39 Å². The number of aliphatic hydroxyl groups excluding tert-OH is 2. The Labute approximate surface area is 74.1 Å². The van der Waals surface area contributed by atoms with E-state index < -0.39 is 37.2 Å². The van der Waals surface area contributed by atoms with Gasteiger partial charge in [0.05, 0.1) is 0 Å². The van der Waals surface area contributed by atoms with E-state index in [1.807, 2.05) is 0 Å². The van der Waals surface area contributed by atoms with Gasteiger partial charge in [-0.1, -0.05) is 0 Å². The van der Waals surface area contributed by atoms with Crippen molar-refractivity contribution >= 4 is 5.97 Å². The molecule has 0 amide bonds. The Morgan fingerprint density at radius 3 is 2.54 bits per heavy atom. The Balaban J connectivity index is 2.55. The number of hydrogen-bond acceptors (Lipinski definition) is 5. The maximum Gasteiger partial charge on any atom is 0.305 e. The van der Waals surface area contributed by atoms with Crippen LogP contribution in [-0.2, 0) is 14.3 Å². The number of rotatable bonds is 2. The number of halogens is 1. The number of carbonyl (C=O) groups is 1. The first-order chi connectivity index (χ1) is 6.06. The lowest BCUT2D eigenvalue weighted by molar-refractivity contribution is -0.186. The zero-order valence-corrected chi connectivity index (χ0v) is 7.01. The monoisotopic (exact) mass is 194 g/mol. The van der Waals surface area contributed by atoms with E-state index in [9.17, 15) is 14.3 Å². The summed E-state index contributed by atoms with van der Waals surface area (Å²) in [4.78, 5) is 10.5. The van der Waals surface area contributed by atoms with Crippen LogP contribution in [0.1, 0.15) is 6.92 Å². The van der Waals surface area contributed by atoms with E-state index in [1.165, 1.54) is 0 Å². The molecular formula is C7H11FO5. The molecule has 1 aliphatic heterocycles. The molecular weight excluding hydrogens is 183 g/mol. The molecule has 1 aliphatic rings. The molecule has 5 nitrogen and oxygen atoms in total. The van der Waals surface area contributed by atoms with Gasteiger partial charge in [0.1, 0.15) is 25.0 Å². The lowest BCUT2D eigenvalue weighted by atomic mass is 10.1. The molecule has 0 radical (unpaired) electrons. The zero-order valence-electron chi connectivity index (χ0n) is 7.01. The van der Waals surface area contributed by atoms with Crippen LogP contribution in [0.4, 0.5) is 4.39 Å². The Bertz CT molecular complexity index is 197. The lowest BCUT2D eigenvalue weighted by Crippen LogP contribution is -2.34. The van der Waals surface area contributed by atoms with Gasteiger partial charge in [-0.05, 0) is 0 Å². The number of hydrogen-bond donors (Lipinski definition) is 2. The minimum absolute atomic E-state index is 0.657. The lowest BCUT2D eigenvalue weighted by Gasteiger charge is -2.13. The largest absolute Gasteiger partial charge is 0.433 e. The molecule has 0 unspecified atom stereocenters. The van der Waals surface area contributed by atoms with Crippen molar-refractivity contribution in [2.24, 2.45) is 0 Å². The van der Waals surface area contributed by atoms with E-state index in [-0.39, 0.29) is 0 Å². The van der Waals surface area contributed by atoms with Crippen molar-refractivity contribution < 1.29 is 28.9 Å². The van der Waals surface area contributed by atoms with Crippen LogP contribution in [0.25, 0.3) is 0 Å². The summed E-state index contributed by atoms with van der Waals surface area (Å²) < 4.78 is 21.3. The minimum Gasteiger partial charge on any atom is -0.433 e. The van der Waals surface area contributed by atoms with Gasteiger partial charge in [0.25, 0.3) is 0 Å². The zero-order chi connectivity index (χ0) is 10.0. The summed E-state index contributed by atoms with van der Waals surface area (Å²) in [6, 6.07) is 0. The summed E-state index contributed by atoms with van der Waals surface area (Å²) in [6.45, 7) is 0.196. The van der Waals surface area contributed by atoms with Crippen LogP contribution in [0.2, 0.25) is 0 Å². The van der Waals surface area contributed by atoms with Crippen molar-refractivity contribution in [2.75, 3.05) is 6.67 Å². The number of esters is 1. The highest BCUT2D eigenvalue weighted by Gasteiger charge is 2.44. The Morgan fingerprint density at radius 2 is 2.15 bits per heavy atom. The molecule has 6 heteroatoms. The third kappa shape index (κ3) is 2.15. The summed E-state index contributed by atoms with van der Waals surface area (Å²) in [5.74, 6) is -0.657. The summed E-state index contributed by atoms with van der Waals surface area (Å²) in [6.07, 6.45) is -5.13. The Hall–Kier alpha value is -0.720. The van der Waals surface area contributed by atoms with Crippen LogP contribution in [-0.4, -0.2) is 47.5 Å². The van der Waals surface area contributed by atoms with Gasteiger partial charge in [0.15, 0.2) is 0 Å². The second kappa shape index (κ2) is 3.99. The topological polar surface area (TPSA) is 76.0 Å².